The van der Waals surface area contributed by atoms with Gasteiger partial charge in [-0.25, -0.2) is 4.98 Å². The predicted molar refractivity (Wildman–Crippen MR) is 136 cm³/mol. The number of fused-ring (bicyclic) bond motifs is 1. The zero-order valence-corrected chi connectivity index (χ0v) is 19.5. The molecule has 1 fully saturated rings. The fourth-order valence-corrected chi connectivity index (χ4v) is 4.61. The number of carbonyl (C=O) groups is 1. The lowest BCUT2D eigenvalue weighted by atomic mass is 10.1. The molecule has 1 aliphatic heterocycles. The van der Waals surface area contributed by atoms with E-state index in [4.69, 9.17) is 5.26 Å². The van der Waals surface area contributed by atoms with E-state index in [1.807, 2.05) is 54.3 Å². The van der Waals surface area contributed by atoms with Gasteiger partial charge in [0.1, 0.15) is 5.82 Å². The van der Waals surface area contributed by atoms with E-state index in [2.05, 4.69) is 16.0 Å². The zero-order chi connectivity index (χ0) is 24.4. The number of aromatic nitrogens is 2. The number of hydrogen-bond donors (Lipinski definition) is 0. The van der Waals surface area contributed by atoms with Crippen molar-refractivity contribution in [1.29, 1.82) is 5.26 Å². The highest BCUT2D eigenvalue weighted by Crippen LogP contribution is 2.19. The molecule has 0 bridgehead atoms. The van der Waals surface area contributed by atoms with Crippen LogP contribution in [0.4, 0.5) is 5.69 Å². The lowest BCUT2D eigenvalue weighted by Crippen LogP contribution is -2.35. The molecule has 35 heavy (non-hydrogen) atoms. The minimum atomic E-state index is -0.123. The van der Waals surface area contributed by atoms with Crippen LogP contribution in [0, 0.1) is 18.3 Å². The first-order valence-electron chi connectivity index (χ1n) is 11.7. The fraction of sp³-hybridized carbons (Fsp3) is 0.214. The Kier molecular flexibility index (Phi) is 6.02. The highest BCUT2D eigenvalue weighted by atomic mass is 16.2. The Morgan fingerprint density at radius 1 is 0.886 bits per heavy atom. The van der Waals surface area contributed by atoms with Crippen LogP contribution in [-0.2, 0) is 0 Å². The van der Waals surface area contributed by atoms with Gasteiger partial charge in [-0.3, -0.25) is 14.2 Å². The molecule has 174 valence electrons. The fourth-order valence-electron chi connectivity index (χ4n) is 4.61. The number of aryl methyl sites for hydroxylation is 1. The first kappa shape index (κ1) is 22.4. The molecule has 0 atom stereocenters. The van der Waals surface area contributed by atoms with E-state index in [-0.39, 0.29) is 11.5 Å². The van der Waals surface area contributed by atoms with Crippen molar-refractivity contribution in [3.63, 3.8) is 0 Å². The number of hydrogen-bond acceptors (Lipinski definition) is 5. The highest BCUT2D eigenvalue weighted by molar-refractivity contribution is 5.94. The normalized spacial score (nSPS) is 13.9. The Bertz CT molecular complexity index is 1480. The zero-order valence-electron chi connectivity index (χ0n) is 19.5. The van der Waals surface area contributed by atoms with Crippen LogP contribution in [0.2, 0.25) is 0 Å². The summed E-state index contributed by atoms with van der Waals surface area (Å²) in [5.74, 6) is 0.585. The number of nitriles is 1. The summed E-state index contributed by atoms with van der Waals surface area (Å²) in [5.41, 5.74) is 3.54. The largest absolute Gasteiger partial charge is 0.370 e. The molecule has 7 heteroatoms. The van der Waals surface area contributed by atoms with Crippen LogP contribution in [0.25, 0.3) is 16.6 Å². The van der Waals surface area contributed by atoms with Gasteiger partial charge >= 0.3 is 0 Å². The molecule has 1 saturated heterocycles. The predicted octanol–water partition coefficient (Wildman–Crippen LogP) is 3.92. The van der Waals surface area contributed by atoms with Crippen molar-refractivity contribution >= 4 is 22.5 Å². The van der Waals surface area contributed by atoms with Crippen LogP contribution >= 0.6 is 0 Å². The lowest BCUT2D eigenvalue weighted by Gasteiger charge is -2.24. The van der Waals surface area contributed by atoms with Gasteiger partial charge < -0.3 is 9.80 Å². The van der Waals surface area contributed by atoms with Gasteiger partial charge in [0.25, 0.3) is 11.5 Å². The molecule has 5 rings (SSSR count). The van der Waals surface area contributed by atoms with Crippen molar-refractivity contribution in [2.24, 2.45) is 0 Å². The smallest absolute Gasteiger partial charge is 0.265 e. The second-order valence-corrected chi connectivity index (χ2v) is 8.66. The number of rotatable bonds is 3. The van der Waals surface area contributed by atoms with Crippen LogP contribution in [0.15, 0.2) is 77.6 Å². The van der Waals surface area contributed by atoms with E-state index < -0.39 is 0 Å². The number of benzene rings is 3. The molecule has 0 saturated carbocycles. The summed E-state index contributed by atoms with van der Waals surface area (Å²) >= 11 is 0. The standard InChI is InChI=1S/C28H25N5O2/c1-20-30-26-6-3-2-5-25(26)28(35)33(20)24-13-9-22(10-14-24)27(34)32-16-4-15-31(17-18-32)23-11-7-21(19-29)8-12-23/h2-3,5-14H,4,15-18H2,1H3. The Labute approximate surface area is 203 Å². The second kappa shape index (κ2) is 9.43. The number of para-hydroxylation sites is 1. The molecule has 7 nitrogen and oxygen atoms in total. The summed E-state index contributed by atoms with van der Waals surface area (Å²) in [7, 11) is 0. The summed E-state index contributed by atoms with van der Waals surface area (Å²) in [6.07, 6.45) is 0.862. The molecule has 1 aromatic heterocycles. The van der Waals surface area contributed by atoms with Crippen molar-refractivity contribution < 1.29 is 4.79 Å². The summed E-state index contributed by atoms with van der Waals surface area (Å²) in [6, 6.07) is 24.2. The molecule has 0 aliphatic carbocycles. The van der Waals surface area contributed by atoms with Crippen LogP contribution in [0.5, 0.6) is 0 Å². The molecular weight excluding hydrogens is 438 g/mol. The molecular formula is C28H25N5O2. The van der Waals surface area contributed by atoms with Gasteiger partial charge in [-0.15, -0.1) is 0 Å². The molecule has 2 heterocycles. The van der Waals surface area contributed by atoms with Crippen molar-refractivity contribution in [3.05, 3.63) is 100 Å². The van der Waals surface area contributed by atoms with E-state index in [0.29, 0.717) is 46.6 Å². The van der Waals surface area contributed by atoms with Gasteiger partial charge in [0, 0.05) is 37.4 Å². The maximum Gasteiger partial charge on any atom is 0.265 e. The third kappa shape index (κ3) is 4.38. The highest BCUT2D eigenvalue weighted by Gasteiger charge is 2.21. The van der Waals surface area contributed by atoms with Crippen LogP contribution in [0.1, 0.15) is 28.2 Å². The number of carbonyl (C=O) groups excluding carboxylic acids is 1. The van der Waals surface area contributed by atoms with E-state index in [0.717, 1.165) is 25.2 Å². The maximum atomic E-state index is 13.2. The third-order valence-corrected chi connectivity index (χ3v) is 6.46. The van der Waals surface area contributed by atoms with E-state index in [1.54, 1.807) is 34.9 Å². The third-order valence-electron chi connectivity index (χ3n) is 6.46. The molecule has 0 unspecified atom stereocenters. The quantitative estimate of drug-likeness (QED) is 0.460. The molecule has 4 aromatic rings. The van der Waals surface area contributed by atoms with E-state index in [1.165, 1.54) is 0 Å². The van der Waals surface area contributed by atoms with Gasteiger partial charge in [-0.05, 0) is 74.0 Å². The molecule has 1 aliphatic rings. The Balaban J connectivity index is 1.33. The van der Waals surface area contributed by atoms with Gasteiger partial charge in [-0.1, -0.05) is 12.1 Å². The van der Waals surface area contributed by atoms with Crippen molar-refractivity contribution in [2.75, 3.05) is 31.1 Å². The average Bonchev–Trinajstić information content (AvgIpc) is 3.15. The molecule has 1 amide bonds. The number of amides is 1. The summed E-state index contributed by atoms with van der Waals surface area (Å²) in [5, 5.41) is 9.58. The summed E-state index contributed by atoms with van der Waals surface area (Å²) in [6.45, 7) is 4.69. The van der Waals surface area contributed by atoms with Gasteiger partial charge in [0.05, 0.1) is 28.2 Å². The topological polar surface area (TPSA) is 82.2 Å². The maximum absolute atomic E-state index is 13.2. The Morgan fingerprint density at radius 3 is 2.34 bits per heavy atom. The minimum absolute atomic E-state index is 0.0149. The second-order valence-electron chi connectivity index (χ2n) is 8.66. The van der Waals surface area contributed by atoms with E-state index >= 15 is 0 Å². The summed E-state index contributed by atoms with van der Waals surface area (Å²) < 4.78 is 1.58. The van der Waals surface area contributed by atoms with Crippen molar-refractivity contribution in [3.8, 4) is 11.8 Å². The molecule has 3 aromatic carbocycles. The monoisotopic (exact) mass is 463 g/mol. The van der Waals surface area contributed by atoms with Crippen LogP contribution in [-0.4, -0.2) is 46.5 Å². The molecule has 0 radical (unpaired) electrons. The Morgan fingerprint density at radius 2 is 1.60 bits per heavy atom. The Hall–Kier alpha value is -4.44. The molecule has 0 spiro atoms. The van der Waals surface area contributed by atoms with Crippen molar-refractivity contribution in [1.82, 2.24) is 14.5 Å². The number of nitrogens with zero attached hydrogens (tertiary/aromatic N) is 5. The number of anilines is 1. The van der Waals surface area contributed by atoms with Crippen LogP contribution < -0.4 is 10.5 Å². The average molecular weight is 464 g/mol. The first-order valence-corrected chi connectivity index (χ1v) is 11.7. The minimum Gasteiger partial charge on any atom is -0.370 e. The summed E-state index contributed by atoms with van der Waals surface area (Å²) in [4.78, 5) is 35.0. The lowest BCUT2D eigenvalue weighted by molar-refractivity contribution is 0.0767. The molecule has 0 N–H and O–H groups in total. The van der Waals surface area contributed by atoms with Gasteiger partial charge in [-0.2, -0.15) is 5.26 Å². The van der Waals surface area contributed by atoms with Crippen LogP contribution in [0.3, 0.4) is 0 Å². The van der Waals surface area contributed by atoms with Gasteiger partial charge in [0.15, 0.2) is 0 Å². The SMILES string of the molecule is Cc1nc2ccccc2c(=O)n1-c1ccc(C(=O)N2CCCN(c3ccc(C#N)cc3)CC2)cc1. The van der Waals surface area contributed by atoms with Crippen molar-refractivity contribution in [2.45, 2.75) is 13.3 Å². The van der Waals surface area contributed by atoms with Gasteiger partial charge in [0.2, 0.25) is 0 Å². The van der Waals surface area contributed by atoms with E-state index in [9.17, 15) is 9.59 Å². The first-order chi connectivity index (χ1) is 17.0.